The summed E-state index contributed by atoms with van der Waals surface area (Å²) >= 11 is 0. The lowest BCUT2D eigenvalue weighted by Gasteiger charge is -2.31. The van der Waals surface area contributed by atoms with Gasteiger partial charge >= 0.3 is 0 Å². The summed E-state index contributed by atoms with van der Waals surface area (Å²) in [5.74, 6) is 0.0485. The summed E-state index contributed by atoms with van der Waals surface area (Å²) in [5.41, 5.74) is 4.14. The van der Waals surface area contributed by atoms with Crippen LogP contribution in [0.3, 0.4) is 0 Å². The minimum absolute atomic E-state index is 0.0165. The Hall–Kier alpha value is -1.57. The predicted octanol–water partition coefficient (Wildman–Crippen LogP) is 4.57. The van der Waals surface area contributed by atoms with Crippen molar-refractivity contribution in [2.75, 3.05) is 5.32 Å². The Kier molecular flexibility index (Phi) is 3.53. The fourth-order valence-electron chi connectivity index (χ4n) is 2.83. The van der Waals surface area contributed by atoms with Crippen LogP contribution >= 0.6 is 0 Å². The summed E-state index contributed by atoms with van der Waals surface area (Å²) < 4.78 is 0. The van der Waals surface area contributed by atoms with E-state index in [4.69, 9.17) is 0 Å². The highest BCUT2D eigenvalue weighted by Crippen LogP contribution is 2.41. The van der Waals surface area contributed by atoms with Gasteiger partial charge in [0.1, 0.15) is 0 Å². The predicted molar refractivity (Wildman–Crippen MR) is 84.7 cm³/mol. The van der Waals surface area contributed by atoms with Gasteiger partial charge in [0.15, 0.2) is 0 Å². The molecule has 0 unspecified atom stereocenters. The number of allylic oxidation sites excluding steroid dienone is 1. The van der Waals surface area contributed by atoms with Gasteiger partial charge in [-0.3, -0.25) is 4.79 Å². The van der Waals surface area contributed by atoms with E-state index in [2.05, 4.69) is 52.9 Å². The van der Waals surface area contributed by atoms with Crippen LogP contribution in [0.2, 0.25) is 0 Å². The zero-order chi connectivity index (χ0) is 15.1. The zero-order valence-corrected chi connectivity index (χ0v) is 13.4. The number of para-hydroxylation sites is 1. The molecule has 2 heteroatoms. The largest absolute Gasteiger partial charge is 0.322 e. The second-order valence-electron chi connectivity index (χ2n) is 7.64. The maximum absolute atomic E-state index is 12.7. The lowest BCUT2D eigenvalue weighted by molar-refractivity contribution is -0.113. The first-order valence-corrected chi connectivity index (χ1v) is 7.24. The topological polar surface area (TPSA) is 29.1 Å². The lowest BCUT2D eigenvalue weighted by atomic mass is 9.73. The Morgan fingerprint density at radius 1 is 0.950 bits per heavy atom. The van der Waals surface area contributed by atoms with Gasteiger partial charge in [0.25, 0.3) is 5.91 Å². The summed E-state index contributed by atoms with van der Waals surface area (Å²) in [6.07, 6.45) is 0.838. The zero-order valence-electron chi connectivity index (χ0n) is 13.4. The van der Waals surface area contributed by atoms with Crippen molar-refractivity contribution in [1.29, 1.82) is 0 Å². The number of benzene rings is 1. The van der Waals surface area contributed by atoms with Gasteiger partial charge in [0.2, 0.25) is 0 Å². The number of anilines is 1. The monoisotopic (exact) mass is 271 g/mol. The minimum atomic E-state index is -0.158. The number of hydrogen-bond donors (Lipinski definition) is 1. The molecular formula is C18H25NO. The Labute approximate surface area is 122 Å². The molecule has 1 amide bonds. The highest BCUT2D eigenvalue weighted by molar-refractivity contribution is 6.06. The highest BCUT2D eigenvalue weighted by atomic mass is 16.1. The number of carbonyl (C=O) groups is 1. The lowest BCUT2D eigenvalue weighted by Crippen LogP contribution is -2.28. The van der Waals surface area contributed by atoms with Gasteiger partial charge in [-0.05, 0) is 28.9 Å². The maximum Gasteiger partial charge on any atom is 0.252 e. The second-order valence-corrected chi connectivity index (χ2v) is 7.64. The molecule has 0 spiro atoms. The first-order valence-electron chi connectivity index (χ1n) is 7.24. The molecule has 1 aromatic carbocycles. The van der Waals surface area contributed by atoms with Crippen molar-refractivity contribution in [3.8, 4) is 0 Å². The van der Waals surface area contributed by atoms with Crippen molar-refractivity contribution in [3.05, 3.63) is 41.0 Å². The van der Waals surface area contributed by atoms with Crippen LogP contribution in [0, 0.1) is 10.8 Å². The Bertz CT molecular complexity index is 568. The van der Waals surface area contributed by atoms with E-state index in [1.807, 2.05) is 18.2 Å². The van der Waals surface area contributed by atoms with E-state index in [1.165, 1.54) is 11.1 Å². The van der Waals surface area contributed by atoms with Crippen molar-refractivity contribution < 1.29 is 4.79 Å². The highest BCUT2D eigenvalue weighted by Gasteiger charge is 2.34. The number of hydrogen-bond acceptors (Lipinski definition) is 1. The van der Waals surface area contributed by atoms with E-state index in [1.54, 1.807) is 0 Å². The van der Waals surface area contributed by atoms with Gasteiger partial charge in [0, 0.05) is 11.3 Å². The second kappa shape index (κ2) is 4.76. The van der Waals surface area contributed by atoms with E-state index in [-0.39, 0.29) is 16.7 Å². The summed E-state index contributed by atoms with van der Waals surface area (Å²) in [7, 11) is 0. The summed E-state index contributed by atoms with van der Waals surface area (Å²) in [6, 6.07) is 8.09. The molecule has 108 valence electrons. The van der Waals surface area contributed by atoms with Crippen LogP contribution in [0.4, 0.5) is 5.69 Å². The van der Waals surface area contributed by atoms with E-state index < -0.39 is 0 Å². The van der Waals surface area contributed by atoms with Crippen LogP contribution < -0.4 is 5.32 Å². The molecule has 0 aliphatic carbocycles. The minimum Gasteiger partial charge on any atom is -0.322 e. The fraction of sp³-hybridized carbons (Fsp3) is 0.500. The smallest absolute Gasteiger partial charge is 0.252 e. The van der Waals surface area contributed by atoms with Gasteiger partial charge in [-0.1, -0.05) is 65.3 Å². The molecule has 2 rings (SSSR count). The molecule has 1 aromatic rings. The van der Waals surface area contributed by atoms with E-state index >= 15 is 0 Å². The number of carbonyl (C=O) groups excluding carboxylic acids is 1. The standard InChI is InChI=1S/C18H25NO/c1-17(2,3)13-11-12-9-7-8-10-14(12)19-16(20)15(13)18(4,5)6/h7-10H,11H2,1-6H3,(H,19,20). The van der Waals surface area contributed by atoms with Gasteiger partial charge < -0.3 is 5.32 Å². The summed E-state index contributed by atoms with van der Waals surface area (Å²) in [4.78, 5) is 12.7. The molecule has 1 aliphatic heterocycles. The summed E-state index contributed by atoms with van der Waals surface area (Å²) in [5, 5.41) is 3.08. The molecule has 0 saturated heterocycles. The van der Waals surface area contributed by atoms with Crippen LogP contribution in [0.25, 0.3) is 0 Å². The van der Waals surface area contributed by atoms with E-state index in [9.17, 15) is 4.79 Å². The quantitative estimate of drug-likeness (QED) is 0.735. The van der Waals surface area contributed by atoms with Crippen LogP contribution in [0.15, 0.2) is 35.4 Å². The third-order valence-electron chi connectivity index (χ3n) is 3.82. The Morgan fingerprint density at radius 2 is 1.55 bits per heavy atom. The van der Waals surface area contributed by atoms with Crippen LogP contribution in [0.5, 0.6) is 0 Å². The molecule has 0 bridgehead atoms. The maximum atomic E-state index is 12.7. The first kappa shape index (κ1) is 14.8. The molecule has 0 aromatic heterocycles. The van der Waals surface area contributed by atoms with Crippen molar-refractivity contribution in [3.63, 3.8) is 0 Å². The first-order chi connectivity index (χ1) is 9.10. The Morgan fingerprint density at radius 3 is 2.10 bits per heavy atom. The molecule has 0 saturated carbocycles. The van der Waals surface area contributed by atoms with Crippen LogP contribution in [-0.2, 0) is 11.2 Å². The van der Waals surface area contributed by atoms with E-state index in [0.29, 0.717) is 0 Å². The molecule has 2 nitrogen and oxygen atoms in total. The van der Waals surface area contributed by atoms with Crippen molar-refractivity contribution in [2.45, 2.75) is 48.0 Å². The van der Waals surface area contributed by atoms with Crippen molar-refractivity contribution >= 4 is 11.6 Å². The average molecular weight is 271 g/mol. The van der Waals surface area contributed by atoms with Gasteiger partial charge in [0.05, 0.1) is 0 Å². The summed E-state index contributed by atoms with van der Waals surface area (Å²) in [6.45, 7) is 12.9. The number of fused-ring (bicyclic) bond motifs is 1. The normalized spacial score (nSPS) is 16.6. The van der Waals surface area contributed by atoms with Crippen molar-refractivity contribution in [2.24, 2.45) is 10.8 Å². The van der Waals surface area contributed by atoms with Gasteiger partial charge in [-0.2, -0.15) is 0 Å². The Balaban J connectivity index is 2.66. The van der Waals surface area contributed by atoms with E-state index in [0.717, 1.165) is 17.7 Å². The molecule has 20 heavy (non-hydrogen) atoms. The number of rotatable bonds is 0. The van der Waals surface area contributed by atoms with Crippen molar-refractivity contribution in [1.82, 2.24) is 0 Å². The molecule has 0 atom stereocenters. The van der Waals surface area contributed by atoms with Gasteiger partial charge in [-0.15, -0.1) is 0 Å². The molecule has 0 radical (unpaired) electrons. The molecule has 0 fully saturated rings. The number of amides is 1. The molecule has 1 heterocycles. The third kappa shape index (κ3) is 2.79. The number of nitrogens with one attached hydrogen (secondary N) is 1. The third-order valence-corrected chi connectivity index (χ3v) is 3.82. The average Bonchev–Trinajstić information content (AvgIpc) is 2.42. The van der Waals surface area contributed by atoms with Gasteiger partial charge in [-0.25, -0.2) is 0 Å². The van der Waals surface area contributed by atoms with Crippen LogP contribution in [-0.4, -0.2) is 5.91 Å². The molecular weight excluding hydrogens is 246 g/mol. The molecule has 1 N–H and O–H groups in total. The van der Waals surface area contributed by atoms with Crippen LogP contribution in [0.1, 0.15) is 47.1 Å². The SMILES string of the molecule is CC(C)(C)C1=C(C(C)(C)C)C(=O)Nc2ccccc2C1. The fourth-order valence-corrected chi connectivity index (χ4v) is 2.83. The molecule has 1 aliphatic rings.